The Hall–Kier alpha value is -0.200. The van der Waals surface area contributed by atoms with Gasteiger partial charge in [0.2, 0.25) is 0 Å². The van der Waals surface area contributed by atoms with Gasteiger partial charge in [-0.3, -0.25) is 0 Å². The van der Waals surface area contributed by atoms with E-state index in [0.717, 1.165) is 32.1 Å². The van der Waals surface area contributed by atoms with E-state index in [-0.39, 0.29) is 30.3 Å². The van der Waals surface area contributed by atoms with Gasteiger partial charge in [0.15, 0.2) is 5.79 Å². The van der Waals surface area contributed by atoms with Crippen molar-refractivity contribution >= 4 is 0 Å². The highest BCUT2D eigenvalue weighted by Gasteiger charge is 2.68. The van der Waals surface area contributed by atoms with E-state index < -0.39 is 5.79 Å². The lowest BCUT2D eigenvalue weighted by molar-refractivity contribution is -0.180. The van der Waals surface area contributed by atoms with Crippen molar-refractivity contribution in [3.8, 4) is 0 Å². The van der Waals surface area contributed by atoms with Crippen molar-refractivity contribution in [3.05, 3.63) is 0 Å². The van der Waals surface area contributed by atoms with Crippen LogP contribution in [0.4, 0.5) is 0 Å². The highest BCUT2D eigenvalue weighted by atomic mass is 16.8. The zero-order chi connectivity index (χ0) is 24.9. The minimum Gasteiger partial charge on any atom is -0.396 e. The molecule has 200 valence electrons. The van der Waals surface area contributed by atoms with E-state index in [1.807, 2.05) is 13.8 Å². The Kier molecular flexibility index (Phi) is 6.02. The van der Waals surface area contributed by atoms with Gasteiger partial charge in [0.1, 0.15) is 0 Å². The second kappa shape index (κ2) is 8.40. The molecule has 0 aromatic rings. The fraction of sp³-hybridized carbons (Fsp3) is 1.00. The number of rotatable bonds is 4. The second-order valence-corrected chi connectivity index (χ2v) is 14.7. The van der Waals surface area contributed by atoms with Crippen molar-refractivity contribution in [3.63, 3.8) is 0 Å². The maximum atomic E-state index is 11.6. The van der Waals surface area contributed by atoms with Crippen LogP contribution in [0, 0.1) is 52.3 Å². The van der Waals surface area contributed by atoms with Crippen molar-refractivity contribution in [2.75, 3.05) is 6.61 Å². The normalized spacial score (nSPS) is 57.1. The number of fused-ring (bicyclic) bond motifs is 8. The predicted octanol–water partition coefficient (Wildman–Crippen LogP) is 5.17. The molecule has 5 heteroatoms. The number of ether oxygens (including phenoxy) is 3. The van der Waals surface area contributed by atoms with Crippen LogP contribution in [0.1, 0.15) is 92.9 Å². The molecule has 2 heterocycles. The summed E-state index contributed by atoms with van der Waals surface area (Å²) in [6.45, 7) is 14.0. The van der Waals surface area contributed by atoms with E-state index >= 15 is 0 Å². The molecule has 4 saturated carbocycles. The van der Waals surface area contributed by atoms with Gasteiger partial charge in [0.05, 0.1) is 30.5 Å². The first-order valence-corrected chi connectivity index (χ1v) is 14.8. The summed E-state index contributed by atoms with van der Waals surface area (Å²) in [5.74, 6) is 3.29. The molecule has 14 atom stereocenters. The third kappa shape index (κ3) is 3.72. The van der Waals surface area contributed by atoms with Crippen molar-refractivity contribution in [1.82, 2.24) is 0 Å². The third-order valence-corrected chi connectivity index (χ3v) is 12.4. The Labute approximate surface area is 212 Å². The highest BCUT2D eigenvalue weighted by molar-refractivity contribution is 5.16. The Morgan fingerprint density at radius 3 is 2.37 bits per heavy atom. The third-order valence-electron chi connectivity index (χ3n) is 12.4. The summed E-state index contributed by atoms with van der Waals surface area (Å²) in [7, 11) is 0. The minimum absolute atomic E-state index is 0.127. The van der Waals surface area contributed by atoms with E-state index in [2.05, 4.69) is 27.7 Å². The van der Waals surface area contributed by atoms with Crippen molar-refractivity contribution in [2.24, 2.45) is 52.3 Å². The average molecular weight is 491 g/mol. The summed E-state index contributed by atoms with van der Waals surface area (Å²) in [6, 6.07) is 0. The Balaban J connectivity index is 1.22. The summed E-state index contributed by atoms with van der Waals surface area (Å²) in [5.41, 5.74) is 0.444. The average Bonchev–Trinajstić information content (AvgIpc) is 3.37. The molecule has 2 aliphatic heterocycles. The van der Waals surface area contributed by atoms with E-state index in [9.17, 15) is 10.2 Å². The molecule has 3 unspecified atom stereocenters. The van der Waals surface area contributed by atoms with Crippen LogP contribution in [0.3, 0.4) is 0 Å². The lowest BCUT2D eigenvalue weighted by atomic mass is 9.43. The van der Waals surface area contributed by atoms with E-state index in [1.165, 1.54) is 19.3 Å². The number of hydrogen-bond donors (Lipinski definition) is 2. The standard InChI is InChI=1S/C30H50O5/c1-16(15-31)7-8-23-17(2)27-25(33-23)12-20-18-11-22(32)21-13-24-26(35-28(3,4)34-24)14-30(21,6)19(18)9-10-29(20,27)5/h16-27,31-32H,7-15H2,1-6H3/t16-,17-,18-,19+,20+,21?,22-,23-,24+,25?,26-,27?,29+,30-/m1/s1. The molecule has 35 heavy (non-hydrogen) atoms. The molecule has 6 aliphatic rings. The lowest BCUT2D eigenvalue weighted by Gasteiger charge is -2.62. The van der Waals surface area contributed by atoms with Crippen LogP contribution in [0.25, 0.3) is 0 Å². The number of hydrogen-bond acceptors (Lipinski definition) is 5. The molecular formula is C30H50O5. The van der Waals surface area contributed by atoms with Crippen LogP contribution >= 0.6 is 0 Å². The summed E-state index contributed by atoms with van der Waals surface area (Å²) in [4.78, 5) is 0. The molecule has 6 rings (SSSR count). The van der Waals surface area contributed by atoms with Crippen molar-refractivity contribution in [1.29, 1.82) is 0 Å². The molecule has 2 N–H and O–H groups in total. The Morgan fingerprint density at radius 2 is 1.63 bits per heavy atom. The first-order chi connectivity index (χ1) is 16.5. The maximum absolute atomic E-state index is 11.6. The summed E-state index contributed by atoms with van der Waals surface area (Å²) in [6.07, 6.45) is 9.57. The van der Waals surface area contributed by atoms with Gasteiger partial charge in [-0.05, 0) is 117 Å². The fourth-order valence-corrected chi connectivity index (χ4v) is 10.8. The minimum atomic E-state index is -0.503. The van der Waals surface area contributed by atoms with Crippen LogP contribution in [0.15, 0.2) is 0 Å². The first-order valence-electron chi connectivity index (χ1n) is 14.8. The van der Waals surface area contributed by atoms with E-state index in [0.29, 0.717) is 59.0 Å². The molecule has 5 nitrogen and oxygen atoms in total. The van der Waals surface area contributed by atoms with Crippen molar-refractivity contribution in [2.45, 2.75) is 129 Å². The molecule has 4 aliphatic carbocycles. The molecule has 0 aromatic heterocycles. The molecule has 0 spiro atoms. The molecule has 0 amide bonds. The van der Waals surface area contributed by atoms with Crippen LogP contribution < -0.4 is 0 Å². The fourth-order valence-electron chi connectivity index (χ4n) is 10.8. The van der Waals surface area contributed by atoms with E-state index in [1.54, 1.807) is 0 Å². The number of aliphatic hydroxyl groups excluding tert-OH is 2. The monoisotopic (exact) mass is 490 g/mol. The van der Waals surface area contributed by atoms with Crippen LogP contribution in [-0.4, -0.2) is 53.1 Å². The summed E-state index contributed by atoms with van der Waals surface area (Å²) in [5, 5.41) is 21.0. The molecule has 0 radical (unpaired) electrons. The summed E-state index contributed by atoms with van der Waals surface area (Å²) < 4.78 is 19.4. The molecule has 0 bridgehead atoms. The van der Waals surface area contributed by atoms with Crippen molar-refractivity contribution < 1.29 is 24.4 Å². The van der Waals surface area contributed by atoms with Gasteiger partial charge in [-0.2, -0.15) is 0 Å². The van der Waals surface area contributed by atoms with Crippen LogP contribution in [0.2, 0.25) is 0 Å². The Bertz CT molecular complexity index is 815. The molecular weight excluding hydrogens is 440 g/mol. The maximum Gasteiger partial charge on any atom is 0.163 e. The highest BCUT2D eigenvalue weighted by Crippen LogP contribution is 2.70. The zero-order valence-corrected chi connectivity index (χ0v) is 22.9. The Morgan fingerprint density at radius 1 is 0.914 bits per heavy atom. The van der Waals surface area contributed by atoms with Gasteiger partial charge in [-0.15, -0.1) is 0 Å². The van der Waals surface area contributed by atoms with Gasteiger partial charge >= 0.3 is 0 Å². The quantitative estimate of drug-likeness (QED) is 0.569. The molecule has 0 aromatic carbocycles. The lowest BCUT2D eigenvalue weighted by Crippen LogP contribution is -2.60. The zero-order valence-electron chi connectivity index (χ0n) is 22.9. The second-order valence-electron chi connectivity index (χ2n) is 14.7. The molecule has 6 fully saturated rings. The van der Waals surface area contributed by atoms with Gasteiger partial charge in [0.25, 0.3) is 0 Å². The predicted molar refractivity (Wildman–Crippen MR) is 135 cm³/mol. The van der Waals surface area contributed by atoms with Crippen LogP contribution in [-0.2, 0) is 14.2 Å². The van der Waals surface area contributed by atoms with Gasteiger partial charge < -0.3 is 24.4 Å². The van der Waals surface area contributed by atoms with Crippen LogP contribution in [0.5, 0.6) is 0 Å². The topological polar surface area (TPSA) is 68.2 Å². The van der Waals surface area contributed by atoms with Gasteiger partial charge in [0, 0.05) is 6.61 Å². The largest absolute Gasteiger partial charge is 0.396 e. The van der Waals surface area contributed by atoms with E-state index in [4.69, 9.17) is 14.2 Å². The molecule has 2 saturated heterocycles. The smallest absolute Gasteiger partial charge is 0.163 e. The number of aliphatic hydroxyl groups is 2. The summed E-state index contributed by atoms with van der Waals surface area (Å²) >= 11 is 0. The van der Waals surface area contributed by atoms with Gasteiger partial charge in [-0.25, -0.2) is 0 Å². The first kappa shape index (κ1) is 25.1. The van der Waals surface area contributed by atoms with Gasteiger partial charge in [-0.1, -0.05) is 27.7 Å². The SMILES string of the molecule is C[C@@H](CO)CC[C@H]1OC2C[C@H]3[C@@H]4C[C@@H](O)C5C[C@@H]6OC(C)(C)O[C@@H]6C[C@]5(C)[C@H]4CC[C@]3(C)C2[C@@H]1C.